The van der Waals surface area contributed by atoms with Gasteiger partial charge in [0.15, 0.2) is 0 Å². The number of anilines is 1. The van der Waals surface area contributed by atoms with Crippen LogP contribution in [0.15, 0.2) is 47.2 Å². The van der Waals surface area contributed by atoms with Crippen molar-refractivity contribution in [2.24, 2.45) is 5.73 Å². The van der Waals surface area contributed by atoms with Crippen LogP contribution in [0.3, 0.4) is 0 Å². The fraction of sp³-hybridized carbons (Fsp3) is 0.118. The zero-order valence-electron chi connectivity index (χ0n) is 12.7. The molecule has 24 heavy (non-hydrogen) atoms. The molecule has 2 aromatic heterocycles. The highest BCUT2D eigenvalue weighted by Gasteiger charge is 2.17. The number of benzene rings is 1. The normalized spacial score (nSPS) is 10.7. The summed E-state index contributed by atoms with van der Waals surface area (Å²) in [5.41, 5.74) is 7.54. The van der Waals surface area contributed by atoms with Gasteiger partial charge in [-0.2, -0.15) is 0 Å². The summed E-state index contributed by atoms with van der Waals surface area (Å²) in [6.07, 6.45) is 2.87. The zero-order chi connectivity index (χ0) is 17.1. The van der Waals surface area contributed by atoms with Crippen molar-refractivity contribution in [1.82, 2.24) is 4.98 Å². The van der Waals surface area contributed by atoms with Crippen molar-refractivity contribution in [3.05, 3.63) is 59.6 Å². The summed E-state index contributed by atoms with van der Waals surface area (Å²) in [7, 11) is 0. The van der Waals surface area contributed by atoms with E-state index in [4.69, 9.17) is 15.6 Å². The first-order valence-corrected chi connectivity index (χ1v) is 7.27. The highest BCUT2D eigenvalue weighted by Crippen LogP contribution is 2.26. The van der Waals surface area contributed by atoms with Gasteiger partial charge in [-0.15, -0.1) is 0 Å². The molecule has 0 fully saturated rings. The minimum atomic E-state index is -0.690. The Morgan fingerprint density at radius 3 is 2.88 bits per heavy atom. The van der Waals surface area contributed by atoms with E-state index in [1.165, 1.54) is 18.5 Å². The number of alkyl halides is 1. The van der Waals surface area contributed by atoms with Crippen LogP contribution in [0.5, 0.6) is 0 Å². The number of hydrogen-bond acceptors (Lipinski definition) is 5. The van der Waals surface area contributed by atoms with Crippen molar-refractivity contribution in [3.63, 3.8) is 0 Å². The van der Waals surface area contributed by atoms with Gasteiger partial charge in [-0.05, 0) is 12.1 Å². The lowest BCUT2D eigenvalue weighted by Gasteiger charge is -2.12. The summed E-state index contributed by atoms with van der Waals surface area (Å²) in [5, 5.41) is 12.1. The van der Waals surface area contributed by atoms with E-state index in [-0.39, 0.29) is 18.0 Å². The molecule has 7 heteroatoms. The van der Waals surface area contributed by atoms with Crippen molar-refractivity contribution in [3.8, 4) is 0 Å². The molecule has 122 valence electrons. The van der Waals surface area contributed by atoms with E-state index in [0.717, 1.165) is 5.39 Å². The Balaban J connectivity index is 2.06. The van der Waals surface area contributed by atoms with Crippen LogP contribution in [0.1, 0.15) is 21.6 Å². The van der Waals surface area contributed by atoms with Gasteiger partial charge < -0.3 is 15.5 Å². The van der Waals surface area contributed by atoms with E-state index in [0.29, 0.717) is 22.4 Å². The number of rotatable bonds is 6. The van der Waals surface area contributed by atoms with Crippen molar-refractivity contribution in [2.45, 2.75) is 0 Å². The molecule has 3 aromatic rings. The molecule has 1 aromatic carbocycles. The molecule has 0 aliphatic rings. The highest BCUT2D eigenvalue weighted by atomic mass is 19.1. The van der Waals surface area contributed by atoms with E-state index in [1.54, 1.807) is 0 Å². The topological polar surface area (TPSA) is 105 Å². The summed E-state index contributed by atoms with van der Waals surface area (Å²) < 4.78 is 18.0. The first-order chi connectivity index (χ1) is 11.6. The number of carbonyl (C=O) groups excluding carboxylic acids is 1. The maximum absolute atomic E-state index is 12.5. The Morgan fingerprint density at radius 1 is 1.33 bits per heavy atom. The summed E-state index contributed by atoms with van der Waals surface area (Å²) >= 11 is 0. The largest absolute Gasteiger partial charge is 0.464 e. The molecule has 6 nitrogen and oxygen atoms in total. The number of hydrogen-bond donors (Lipinski definition) is 3. The molecule has 0 spiro atoms. The first kappa shape index (κ1) is 15.7. The van der Waals surface area contributed by atoms with Gasteiger partial charge in [0.2, 0.25) is 0 Å². The number of nitrogens with two attached hydrogens (primary N) is 1. The minimum absolute atomic E-state index is 0.0463. The van der Waals surface area contributed by atoms with Crippen molar-refractivity contribution in [1.29, 1.82) is 5.41 Å². The third-order valence-electron chi connectivity index (χ3n) is 3.59. The van der Waals surface area contributed by atoms with Crippen molar-refractivity contribution >= 4 is 28.3 Å². The van der Waals surface area contributed by atoms with Crippen molar-refractivity contribution in [2.75, 3.05) is 18.5 Å². The molecule has 0 saturated heterocycles. The molecule has 0 saturated carbocycles. The Bertz CT molecular complexity index is 920. The molecule has 2 heterocycles. The van der Waals surface area contributed by atoms with E-state index >= 15 is 0 Å². The van der Waals surface area contributed by atoms with Crippen LogP contribution in [0.2, 0.25) is 0 Å². The van der Waals surface area contributed by atoms with Gasteiger partial charge in [0.1, 0.15) is 24.2 Å². The molecule has 0 radical (unpaired) electrons. The number of carbonyl (C=O) groups is 1. The Kier molecular flexibility index (Phi) is 4.24. The SMILES string of the molecule is N=C(c1cnc(C(N)=O)cc1NCCF)c1coc2ccccc12. The average molecular weight is 326 g/mol. The second-order valence-electron chi connectivity index (χ2n) is 5.12. The maximum atomic E-state index is 12.5. The number of amides is 1. The van der Waals surface area contributed by atoms with Crippen LogP contribution >= 0.6 is 0 Å². The third kappa shape index (κ3) is 2.83. The van der Waals surface area contributed by atoms with Crippen molar-refractivity contribution < 1.29 is 13.6 Å². The molecule has 0 atom stereocenters. The quantitative estimate of drug-likeness (QED) is 0.606. The number of halogens is 1. The van der Waals surface area contributed by atoms with Gasteiger partial charge in [0.05, 0.1) is 5.71 Å². The van der Waals surface area contributed by atoms with Crippen LogP contribution in [-0.4, -0.2) is 29.8 Å². The standard InChI is InChI=1S/C17H15FN4O2/c18-5-6-21-13-7-14(17(20)23)22-8-11(13)16(19)12-9-24-15-4-2-1-3-10(12)15/h1-4,7-9,19H,5-6H2,(H2,20,23)(H,21,22). The average Bonchev–Trinajstić information content (AvgIpc) is 3.03. The van der Waals surface area contributed by atoms with E-state index in [9.17, 15) is 9.18 Å². The van der Waals surface area contributed by atoms with Crippen LogP contribution in [-0.2, 0) is 0 Å². The van der Waals surface area contributed by atoms with Gasteiger partial charge >= 0.3 is 0 Å². The molecule has 0 aliphatic heterocycles. The lowest BCUT2D eigenvalue weighted by atomic mass is 10.0. The first-order valence-electron chi connectivity index (χ1n) is 7.27. The number of nitrogens with zero attached hydrogens (tertiary/aromatic N) is 1. The summed E-state index contributed by atoms with van der Waals surface area (Å²) in [6, 6.07) is 8.78. The number of furan rings is 1. The second kappa shape index (κ2) is 6.49. The molecule has 0 unspecified atom stereocenters. The summed E-state index contributed by atoms with van der Waals surface area (Å²) in [5.74, 6) is -0.690. The zero-order valence-corrected chi connectivity index (χ0v) is 12.7. The van der Waals surface area contributed by atoms with Gasteiger partial charge in [0.25, 0.3) is 5.91 Å². The van der Waals surface area contributed by atoms with Crippen LogP contribution in [0.25, 0.3) is 11.0 Å². The highest BCUT2D eigenvalue weighted by molar-refractivity contribution is 6.19. The number of para-hydroxylation sites is 1. The third-order valence-corrected chi connectivity index (χ3v) is 3.59. The molecule has 0 bridgehead atoms. The van der Waals surface area contributed by atoms with Gasteiger partial charge in [-0.3, -0.25) is 15.2 Å². The van der Waals surface area contributed by atoms with Gasteiger partial charge in [0, 0.05) is 34.9 Å². The minimum Gasteiger partial charge on any atom is -0.464 e. The molecule has 4 N–H and O–H groups in total. The van der Waals surface area contributed by atoms with Gasteiger partial charge in [-0.25, -0.2) is 4.39 Å². The summed E-state index contributed by atoms with van der Waals surface area (Å²) in [6.45, 7) is -0.537. The number of primary amides is 1. The Morgan fingerprint density at radius 2 is 2.12 bits per heavy atom. The predicted octanol–water partition coefficient (Wildman–Crippen LogP) is 2.72. The smallest absolute Gasteiger partial charge is 0.267 e. The van der Waals surface area contributed by atoms with Crippen LogP contribution in [0.4, 0.5) is 10.1 Å². The number of aromatic nitrogens is 1. The second-order valence-corrected chi connectivity index (χ2v) is 5.12. The van der Waals surface area contributed by atoms with E-state index in [2.05, 4.69) is 10.3 Å². The molecule has 3 rings (SSSR count). The number of fused-ring (bicyclic) bond motifs is 1. The number of pyridine rings is 1. The molecule has 0 aliphatic carbocycles. The van der Waals surface area contributed by atoms with Crippen LogP contribution < -0.4 is 11.1 Å². The van der Waals surface area contributed by atoms with E-state index in [1.807, 2.05) is 24.3 Å². The summed E-state index contributed by atoms with van der Waals surface area (Å²) in [4.78, 5) is 15.3. The monoisotopic (exact) mass is 326 g/mol. The van der Waals surface area contributed by atoms with Crippen LogP contribution in [0, 0.1) is 5.41 Å². The Labute approximate surface area is 137 Å². The fourth-order valence-corrected chi connectivity index (χ4v) is 2.43. The number of nitrogens with one attached hydrogen (secondary N) is 2. The maximum Gasteiger partial charge on any atom is 0.267 e. The predicted molar refractivity (Wildman–Crippen MR) is 89.4 cm³/mol. The van der Waals surface area contributed by atoms with E-state index < -0.39 is 12.6 Å². The Hall–Kier alpha value is -3.22. The molecular formula is C17H15FN4O2. The lowest BCUT2D eigenvalue weighted by molar-refractivity contribution is 0.0995. The fourth-order valence-electron chi connectivity index (χ4n) is 2.43. The lowest BCUT2D eigenvalue weighted by Crippen LogP contribution is -2.16. The molecule has 1 amide bonds. The van der Waals surface area contributed by atoms with Gasteiger partial charge in [-0.1, -0.05) is 18.2 Å². The molecular weight excluding hydrogens is 311 g/mol.